The fourth-order valence-electron chi connectivity index (χ4n) is 8.23. The molecule has 13 nitrogen and oxygen atoms in total. The van der Waals surface area contributed by atoms with E-state index in [0.717, 1.165) is 6.42 Å². The Morgan fingerprint density at radius 2 is 1.89 bits per heavy atom. The number of nitrogens with one attached hydrogen (secondary N) is 2. The average molecular weight is 775 g/mol. The summed E-state index contributed by atoms with van der Waals surface area (Å²) >= 11 is 0. The zero-order chi connectivity index (χ0) is 40.1. The smallest absolute Gasteiger partial charge is 0.437 e. The highest BCUT2D eigenvalue weighted by Crippen LogP contribution is 2.54. The highest BCUT2D eigenvalue weighted by Gasteiger charge is 2.64. The summed E-state index contributed by atoms with van der Waals surface area (Å²) in [4.78, 5) is 60.7. The fraction of sp³-hybridized carbons (Fsp3) is 0.615. The van der Waals surface area contributed by atoms with Crippen LogP contribution in [-0.4, -0.2) is 88.0 Å². The number of halogens is 3. The number of methoxy groups -OCH3 is 1. The summed E-state index contributed by atoms with van der Waals surface area (Å²) < 4.78 is 66.9. The largest absolute Gasteiger partial charge is 0.497 e. The molecule has 3 N–H and O–H groups in total. The molecule has 3 aliphatic heterocycles. The van der Waals surface area contributed by atoms with Gasteiger partial charge in [0.1, 0.15) is 34.6 Å². The molecule has 3 amide bonds. The molecule has 1 spiro atoms. The van der Waals surface area contributed by atoms with E-state index in [-0.39, 0.29) is 54.7 Å². The van der Waals surface area contributed by atoms with Crippen LogP contribution >= 0.6 is 0 Å². The summed E-state index contributed by atoms with van der Waals surface area (Å²) in [6.45, 7) is 7.62. The number of pyridine rings is 1. The molecule has 0 radical (unpaired) electrons. The third-order valence-corrected chi connectivity index (χ3v) is 10.6. The topological polar surface area (TPSA) is 166 Å². The Labute approximate surface area is 317 Å². The SMILES string of the molecule is CCOC(=O)[C@@]12C[C@H]1/C=C\CCCCC[C@H](NC(=O)OC(C)(C)C)C(=O)N1C[C@]3(C[C@H]1C(=O)N2)CC(C)(O)c1c(c(C(F)(F)F)nc2ccc(OC)cc12)O3. The number of alkyl halides is 3. The first-order chi connectivity index (χ1) is 25.7. The van der Waals surface area contributed by atoms with Gasteiger partial charge in [0.2, 0.25) is 11.8 Å². The van der Waals surface area contributed by atoms with Crippen LogP contribution in [0.15, 0.2) is 30.4 Å². The van der Waals surface area contributed by atoms with Crippen LogP contribution in [0.1, 0.15) is 97.2 Å². The van der Waals surface area contributed by atoms with Gasteiger partial charge in [-0.3, -0.25) is 9.59 Å². The van der Waals surface area contributed by atoms with Gasteiger partial charge in [0, 0.05) is 29.7 Å². The number of esters is 1. The zero-order valence-corrected chi connectivity index (χ0v) is 31.9. The first-order valence-corrected chi connectivity index (χ1v) is 18.7. The summed E-state index contributed by atoms with van der Waals surface area (Å²) in [5, 5.41) is 17.8. The summed E-state index contributed by atoms with van der Waals surface area (Å²) in [6, 6.07) is 1.71. The van der Waals surface area contributed by atoms with Crippen LogP contribution in [-0.2, 0) is 35.6 Å². The van der Waals surface area contributed by atoms with Crippen molar-refractivity contribution >= 4 is 34.8 Å². The highest BCUT2D eigenvalue weighted by molar-refractivity contribution is 5.97. The molecule has 55 heavy (non-hydrogen) atoms. The van der Waals surface area contributed by atoms with E-state index in [4.69, 9.17) is 18.9 Å². The first-order valence-electron chi connectivity index (χ1n) is 18.7. The molecular formula is C39H49F3N4O9. The number of carbonyl (C=O) groups excluding carboxylic acids is 4. The molecule has 1 saturated carbocycles. The Bertz CT molecular complexity index is 1890. The number of amides is 3. The Balaban J connectivity index is 1.45. The van der Waals surface area contributed by atoms with E-state index in [9.17, 15) is 37.5 Å². The monoisotopic (exact) mass is 774 g/mol. The molecular weight excluding hydrogens is 725 g/mol. The maximum Gasteiger partial charge on any atom is 0.437 e. The number of hydrogen-bond acceptors (Lipinski definition) is 10. The second kappa shape index (κ2) is 14.5. The number of nitrogens with zero attached hydrogens (tertiary/aromatic N) is 2. The molecule has 0 bridgehead atoms. The minimum Gasteiger partial charge on any atom is -0.497 e. The predicted molar refractivity (Wildman–Crippen MR) is 192 cm³/mol. The lowest BCUT2D eigenvalue weighted by molar-refractivity contribution is -0.150. The van der Waals surface area contributed by atoms with Gasteiger partial charge in [-0.05, 0) is 78.5 Å². The van der Waals surface area contributed by atoms with Gasteiger partial charge in [-0.15, -0.1) is 0 Å². The number of aliphatic hydroxyl groups is 1. The number of fused-ring (bicyclic) bond motifs is 5. The number of benzene rings is 1. The van der Waals surface area contributed by atoms with Crippen molar-refractivity contribution in [2.45, 2.75) is 127 Å². The van der Waals surface area contributed by atoms with E-state index < -0.39 is 82.5 Å². The molecule has 2 fully saturated rings. The van der Waals surface area contributed by atoms with Gasteiger partial charge < -0.3 is 39.6 Å². The molecule has 4 aliphatic rings. The van der Waals surface area contributed by atoms with E-state index in [1.807, 2.05) is 12.2 Å². The van der Waals surface area contributed by atoms with E-state index in [1.165, 1.54) is 37.1 Å². The Kier molecular flexibility index (Phi) is 10.5. The van der Waals surface area contributed by atoms with Gasteiger partial charge in [-0.1, -0.05) is 25.0 Å². The van der Waals surface area contributed by atoms with Crippen LogP contribution in [0.5, 0.6) is 11.5 Å². The zero-order valence-electron chi connectivity index (χ0n) is 31.9. The lowest BCUT2D eigenvalue weighted by atomic mass is 9.77. The fourth-order valence-corrected chi connectivity index (χ4v) is 8.23. The van der Waals surface area contributed by atoms with Gasteiger partial charge in [0.15, 0.2) is 11.4 Å². The van der Waals surface area contributed by atoms with Crippen LogP contribution < -0.4 is 20.1 Å². The first kappa shape index (κ1) is 40.1. The maximum atomic E-state index is 14.8. The molecule has 16 heteroatoms. The van der Waals surface area contributed by atoms with Crippen molar-refractivity contribution in [3.05, 3.63) is 41.6 Å². The van der Waals surface area contributed by atoms with Crippen molar-refractivity contribution in [1.29, 1.82) is 0 Å². The molecule has 1 saturated heterocycles. The predicted octanol–water partition coefficient (Wildman–Crippen LogP) is 5.44. The molecule has 6 rings (SSSR count). The standard InChI is InChI=1S/C39H49F3N4O9/c1-7-53-33(49)38-18-22(38)13-11-9-8-10-12-14-26(44-34(50)55-35(2,3)4)32(48)46-21-37(19-27(46)31(47)45-38)20-36(5,51)28-24-17-23(52-6)15-16-25(24)43-30(29(28)54-37)39(40,41)42/h11,13,15-17,22,26-27,51H,7-10,12,14,18-21H2,1-6H3,(H,44,50)(H,45,47)/b13-11-/t22-,26+,27+,36?,37+,38-/m1/s1. The van der Waals surface area contributed by atoms with Crippen LogP contribution in [0.25, 0.3) is 10.9 Å². The molecule has 1 unspecified atom stereocenters. The van der Waals surface area contributed by atoms with Crippen molar-refractivity contribution in [2.75, 3.05) is 20.3 Å². The van der Waals surface area contributed by atoms with Crippen LogP contribution in [0.3, 0.4) is 0 Å². The van der Waals surface area contributed by atoms with Gasteiger partial charge in [0.05, 0.1) is 31.4 Å². The van der Waals surface area contributed by atoms with Crippen LogP contribution in [0, 0.1) is 5.92 Å². The molecule has 2 aromatic rings. The summed E-state index contributed by atoms with van der Waals surface area (Å²) in [5.74, 6) is -2.89. The quantitative estimate of drug-likeness (QED) is 0.269. The molecule has 6 atom stereocenters. The Morgan fingerprint density at radius 3 is 2.56 bits per heavy atom. The van der Waals surface area contributed by atoms with Crippen LogP contribution in [0.4, 0.5) is 18.0 Å². The van der Waals surface area contributed by atoms with Gasteiger partial charge in [-0.25, -0.2) is 14.6 Å². The van der Waals surface area contributed by atoms with Crippen molar-refractivity contribution in [3.8, 4) is 11.5 Å². The molecule has 1 aromatic carbocycles. The van der Waals surface area contributed by atoms with Crippen molar-refractivity contribution in [1.82, 2.24) is 20.5 Å². The third-order valence-electron chi connectivity index (χ3n) is 10.6. The Morgan fingerprint density at radius 1 is 1.15 bits per heavy atom. The number of rotatable bonds is 4. The van der Waals surface area contributed by atoms with Gasteiger partial charge >= 0.3 is 18.2 Å². The van der Waals surface area contributed by atoms with Gasteiger partial charge in [0.25, 0.3) is 0 Å². The minimum atomic E-state index is -5.02. The van der Waals surface area contributed by atoms with E-state index in [0.29, 0.717) is 25.0 Å². The van der Waals surface area contributed by atoms with E-state index in [1.54, 1.807) is 27.7 Å². The summed E-state index contributed by atoms with van der Waals surface area (Å²) in [6.07, 6.45) is 0.312. The van der Waals surface area contributed by atoms with Crippen molar-refractivity contribution in [2.24, 2.45) is 5.92 Å². The lowest BCUT2D eigenvalue weighted by Crippen LogP contribution is -2.57. The highest BCUT2D eigenvalue weighted by atomic mass is 19.4. The number of allylic oxidation sites excluding steroid dienone is 1. The number of hydrogen-bond donors (Lipinski definition) is 3. The lowest BCUT2D eigenvalue weighted by Gasteiger charge is -2.44. The summed E-state index contributed by atoms with van der Waals surface area (Å²) in [5.41, 5.74) is -7.64. The summed E-state index contributed by atoms with van der Waals surface area (Å²) in [7, 11) is 1.40. The molecule has 1 aromatic heterocycles. The molecule has 300 valence electrons. The van der Waals surface area contributed by atoms with Crippen molar-refractivity contribution < 1.29 is 56.4 Å². The normalized spacial score (nSPS) is 30.4. The molecule has 4 heterocycles. The van der Waals surface area contributed by atoms with E-state index >= 15 is 0 Å². The second-order valence-corrected chi connectivity index (χ2v) is 16.2. The second-order valence-electron chi connectivity index (χ2n) is 16.2. The van der Waals surface area contributed by atoms with E-state index in [2.05, 4.69) is 15.6 Å². The molecule has 1 aliphatic carbocycles. The number of alkyl carbamates (subject to hydrolysis) is 1. The van der Waals surface area contributed by atoms with Crippen LogP contribution in [0.2, 0.25) is 0 Å². The Hall–Kier alpha value is -4.60. The maximum absolute atomic E-state index is 14.8. The van der Waals surface area contributed by atoms with Gasteiger partial charge in [-0.2, -0.15) is 13.2 Å². The average Bonchev–Trinajstić information content (AvgIpc) is 3.66. The van der Waals surface area contributed by atoms with Crippen molar-refractivity contribution in [3.63, 3.8) is 0 Å². The third kappa shape index (κ3) is 8.05. The number of ether oxygens (including phenoxy) is 4. The number of carbonyl (C=O) groups is 4. The number of aromatic nitrogens is 1. The minimum absolute atomic E-state index is 0.0475.